The molecule has 1 aromatic rings. The Morgan fingerprint density at radius 1 is 1.44 bits per heavy atom. The van der Waals surface area contributed by atoms with E-state index in [0.717, 1.165) is 23.0 Å². The molecule has 100 valence electrons. The fraction of sp³-hybridized carbons (Fsp3) is 0.750. The summed E-state index contributed by atoms with van der Waals surface area (Å²) in [5.74, 6) is 0.122. The van der Waals surface area contributed by atoms with E-state index in [2.05, 4.69) is 35.9 Å². The highest BCUT2D eigenvalue weighted by atomic mass is 32.1. The molecule has 0 aromatic carbocycles. The zero-order valence-corrected chi connectivity index (χ0v) is 11.9. The van der Waals surface area contributed by atoms with Crippen molar-refractivity contribution in [1.82, 2.24) is 10.2 Å². The third-order valence-electron chi connectivity index (χ3n) is 3.45. The van der Waals surface area contributed by atoms with Gasteiger partial charge in [-0.15, -0.1) is 10.2 Å². The van der Waals surface area contributed by atoms with Crippen LogP contribution in [-0.2, 0) is 4.79 Å². The minimum atomic E-state index is -0.208. The summed E-state index contributed by atoms with van der Waals surface area (Å²) in [5, 5.41) is 10.4. The van der Waals surface area contributed by atoms with Crippen molar-refractivity contribution in [2.75, 3.05) is 11.4 Å². The van der Waals surface area contributed by atoms with E-state index >= 15 is 0 Å². The molecule has 1 aliphatic rings. The van der Waals surface area contributed by atoms with Gasteiger partial charge in [0.15, 0.2) is 0 Å². The quantitative estimate of drug-likeness (QED) is 0.906. The number of amides is 1. The van der Waals surface area contributed by atoms with Crippen LogP contribution in [0.5, 0.6) is 0 Å². The first kappa shape index (κ1) is 13.3. The largest absolute Gasteiger partial charge is 0.369 e. The number of carbonyl (C=O) groups is 1. The Kier molecular flexibility index (Phi) is 3.85. The minimum Gasteiger partial charge on any atom is -0.369 e. The van der Waals surface area contributed by atoms with Gasteiger partial charge >= 0.3 is 0 Å². The van der Waals surface area contributed by atoms with Crippen molar-refractivity contribution in [3.63, 3.8) is 0 Å². The summed E-state index contributed by atoms with van der Waals surface area (Å²) >= 11 is 1.62. The molecule has 0 aliphatic carbocycles. The van der Waals surface area contributed by atoms with E-state index in [1.807, 2.05) is 0 Å². The lowest BCUT2D eigenvalue weighted by atomic mass is 9.93. The Morgan fingerprint density at radius 2 is 2.17 bits per heavy atom. The van der Waals surface area contributed by atoms with Crippen molar-refractivity contribution in [3.8, 4) is 0 Å². The van der Waals surface area contributed by atoms with Gasteiger partial charge in [0.25, 0.3) is 0 Å². The smallest absolute Gasteiger partial charge is 0.222 e. The van der Waals surface area contributed by atoms with E-state index in [1.165, 1.54) is 0 Å². The molecule has 6 heteroatoms. The number of rotatable bonds is 3. The molecule has 0 bridgehead atoms. The Labute approximate surface area is 111 Å². The second-order valence-corrected chi connectivity index (χ2v) is 6.24. The minimum absolute atomic E-state index is 0.0624. The molecule has 2 heterocycles. The van der Waals surface area contributed by atoms with Gasteiger partial charge in [0.05, 0.1) is 5.92 Å². The molecule has 0 spiro atoms. The SMILES string of the molecule is CC(C)c1nnc(N2CC(C(N)=O)CCC2C)s1. The predicted octanol–water partition coefficient (Wildman–Crippen LogP) is 1.75. The Balaban J connectivity index is 2.16. The van der Waals surface area contributed by atoms with E-state index < -0.39 is 0 Å². The van der Waals surface area contributed by atoms with Gasteiger partial charge in [-0.2, -0.15) is 0 Å². The number of primary amides is 1. The van der Waals surface area contributed by atoms with Crippen molar-refractivity contribution in [3.05, 3.63) is 5.01 Å². The average molecular weight is 268 g/mol. The summed E-state index contributed by atoms with van der Waals surface area (Å²) in [6.45, 7) is 7.04. The molecule has 1 fully saturated rings. The van der Waals surface area contributed by atoms with Gasteiger partial charge < -0.3 is 10.6 Å². The molecule has 0 saturated carbocycles. The predicted molar refractivity (Wildman–Crippen MR) is 72.7 cm³/mol. The monoisotopic (exact) mass is 268 g/mol. The molecule has 1 aliphatic heterocycles. The second-order valence-electron chi connectivity index (χ2n) is 5.26. The van der Waals surface area contributed by atoms with Crippen molar-refractivity contribution < 1.29 is 4.79 Å². The summed E-state index contributed by atoms with van der Waals surface area (Å²) in [5.41, 5.74) is 5.41. The van der Waals surface area contributed by atoms with E-state index in [9.17, 15) is 4.79 Å². The number of hydrogen-bond acceptors (Lipinski definition) is 5. The van der Waals surface area contributed by atoms with Crippen LogP contribution in [0.15, 0.2) is 0 Å². The molecule has 2 rings (SSSR count). The van der Waals surface area contributed by atoms with Gasteiger partial charge in [0, 0.05) is 18.5 Å². The summed E-state index contributed by atoms with van der Waals surface area (Å²) in [7, 11) is 0. The van der Waals surface area contributed by atoms with Crippen LogP contribution in [0.25, 0.3) is 0 Å². The lowest BCUT2D eigenvalue weighted by molar-refractivity contribution is -0.122. The summed E-state index contributed by atoms with van der Waals surface area (Å²) < 4.78 is 0. The normalized spacial score (nSPS) is 24.6. The van der Waals surface area contributed by atoms with Gasteiger partial charge in [0.2, 0.25) is 11.0 Å². The van der Waals surface area contributed by atoms with Gasteiger partial charge in [-0.25, -0.2) is 0 Å². The van der Waals surface area contributed by atoms with Crippen LogP contribution >= 0.6 is 11.3 Å². The van der Waals surface area contributed by atoms with Crippen molar-refractivity contribution in [2.45, 2.75) is 45.6 Å². The summed E-state index contributed by atoms with van der Waals surface area (Å²) in [6, 6.07) is 0.397. The molecule has 0 radical (unpaired) electrons. The first-order chi connectivity index (χ1) is 8.49. The summed E-state index contributed by atoms with van der Waals surface area (Å²) in [4.78, 5) is 13.5. The van der Waals surface area contributed by atoms with Crippen molar-refractivity contribution >= 4 is 22.4 Å². The molecular formula is C12H20N4OS. The van der Waals surface area contributed by atoms with Crippen LogP contribution in [-0.4, -0.2) is 28.7 Å². The first-order valence-corrected chi connectivity index (χ1v) is 7.20. The molecule has 1 amide bonds. The number of nitrogens with zero attached hydrogens (tertiary/aromatic N) is 3. The van der Waals surface area contributed by atoms with Gasteiger partial charge in [-0.05, 0) is 19.8 Å². The fourth-order valence-corrected chi connectivity index (χ4v) is 3.14. The molecule has 1 aromatic heterocycles. The number of piperidine rings is 1. The van der Waals surface area contributed by atoms with Crippen molar-refractivity contribution in [1.29, 1.82) is 0 Å². The molecule has 2 N–H and O–H groups in total. The molecule has 2 unspecified atom stereocenters. The van der Waals surface area contributed by atoms with Gasteiger partial charge in [0.1, 0.15) is 5.01 Å². The Bertz CT molecular complexity index is 431. The standard InChI is InChI=1S/C12H20N4OS/c1-7(2)11-14-15-12(18-11)16-6-9(10(13)17)5-4-8(16)3/h7-9H,4-6H2,1-3H3,(H2,13,17). The Morgan fingerprint density at radius 3 is 2.72 bits per heavy atom. The van der Waals surface area contributed by atoms with Gasteiger partial charge in [-0.1, -0.05) is 25.2 Å². The van der Waals surface area contributed by atoms with Crippen LogP contribution < -0.4 is 10.6 Å². The number of anilines is 1. The first-order valence-electron chi connectivity index (χ1n) is 6.38. The average Bonchev–Trinajstić information content (AvgIpc) is 2.78. The van der Waals surface area contributed by atoms with Crippen LogP contribution in [0.2, 0.25) is 0 Å². The maximum Gasteiger partial charge on any atom is 0.222 e. The molecule has 18 heavy (non-hydrogen) atoms. The van der Waals surface area contributed by atoms with Crippen LogP contribution in [0.1, 0.15) is 44.5 Å². The zero-order valence-electron chi connectivity index (χ0n) is 11.1. The molecule has 5 nitrogen and oxygen atoms in total. The summed E-state index contributed by atoms with van der Waals surface area (Å²) in [6.07, 6.45) is 1.85. The third kappa shape index (κ3) is 2.63. The van der Waals surface area contributed by atoms with Crippen molar-refractivity contribution in [2.24, 2.45) is 11.7 Å². The Hall–Kier alpha value is -1.17. The lowest BCUT2D eigenvalue weighted by Crippen LogP contribution is -2.45. The van der Waals surface area contributed by atoms with E-state index in [1.54, 1.807) is 11.3 Å². The number of aromatic nitrogens is 2. The van der Waals surface area contributed by atoms with E-state index in [-0.39, 0.29) is 11.8 Å². The highest BCUT2D eigenvalue weighted by molar-refractivity contribution is 7.15. The highest BCUT2D eigenvalue weighted by Crippen LogP contribution is 2.31. The van der Waals surface area contributed by atoms with Gasteiger partial charge in [-0.3, -0.25) is 4.79 Å². The van der Waals surface area contributed by atoms with Crippen LogP contribution in [0, 0.1) is 5.92 Å². The molecule has 2 atom stereocenters. The highest BCUT2D eigenvalue weighted by Gasteiger charge is 2.30. The van der Waals surface area contributed by atoms with E-state index in [0.29, 0.717) is 18.5 Å². The zero-order chi connectivity index (χ0) is 13.3. The topological polar surface area (TPSA) is 72.1 Å². The number of carbonyl (C=O) groups excluding carboxylic acids is 1. The van der Waals surface area contributed by atoms with Crippen LogP contribution in [0.3, 0.4) is 0 Å². The maximum absolute atomic E-state index is 11.3. The number of nitrogens with two attached hydrogens (primary N) is 1. The fourth-order valence-electron chi connectivity index (χ4n) is 2.18. The lowest BCUT2D eigenvalue weighted by Gasteiger charge is -2.36. The third-order valence-corrected chi connectivity index (χ3v) is 4.71. The molecular weight excluding hydrogens is 248 g/mol. The van der Waals surface area contributed by atoms with Crippen LogP contribution in [0.4, 0.5) is 5.13 Å². The molecule has 1 saturated heterocycles. The number of hydrogen-bond donors (Lipinski definition) is 1. The second kappa shape index (κ2) is 5.22. The van der Waals surface area contributed by atoms with E-state index in [4.69, 9.17) is 5.73 Å². The maximum atomic E-state index is 11.3.